The average molecular weight is 348 g/mol. The lowest BCUT2D eigenvalue weighted by molar-refractivity contribution is 0.0687. The van der Waals surface area contributed by atoms with E-state index in [-0.39, 0.29) is 11.5 Å². The van der Waals surface area contributed by atoms with Crippen molar-refractivity contribution in [2.45, 2.75) is 13.3 Å². The van der Waals surface area contributed by atoms with E-state index in [1.807, 2.05) is 6.92 Å². The van der Waals surface area contributed by atoms with Crippen LogP contribution in [0.4, 0.5) is 10.1 Å². The molecule has 0 radical (unpaired) electrons. The van der Waals surface area contributed by atoms with E-state index >= 15 is 0 Å². The van der Waals surface area contributed by atoms with Gasteiger partial charge < -0.3 is 9.67 Å². The molecule has 130 valence electrons. The van der Waals surface area contributed by atoms with Crippen LogP contribution >= 0.6 is 0 Å². The number of aromatic nitrogens is 1. The standard InChI is InChI=1S/C21H17FN2O2/c1-4-17-19(23-2)18(20(21(25)26)24(17)3)14-11-9-13(10-12-14)15-7-5-6-8-16(15)22/h5-12H,4H2,1,3H3,(H,25,26). The summed E-state index contributed by atoms with van der Waals surface area (Å²) in [5.74, 6) is -1.40. The second kappa shape index (κ2) is 6.85. The molecule has 0 aliphatic rings. The monoisotopic (exact) mass is 348 g/mol. The van der Waals surface area contributed by atoms with Gasteiger partial charge in [-0.05, 0) is 23.6 Å². The third-order valence-corrected chi connectivity index (χ3v) is 4.49. The lowest BCUT2D eigenvalue weighted by Crippen LogP contribution is -2.07. The maximum Gasteiger partial charge on any atom is 0.351 e. The van der Waals surface area contributed by atoms with Gasteiger partial charge in [0.2, 0.25) is 5.69 Å². The van der Waals surface area contributed by atoms with Crippen LogP contribution in [0, 0.1) is 12.4 Å². The third-order valence-electron chi connectivity index (χ3n) is 4.49. The van der Waals surface area contributed by atoms with Crippen molar-refractivity contribution in [1.82, 2.24) is 4.57 Å². The minimum atomic E-state index is -1.08. The SMILES string of the molecule is [C-]#[N+]c1c(-c2ccc(-c3ccccc3F)cc2)c(C(=O)O)n(C)c1CC. The maximum atomic E-state index is 14.0. The first kappa shape index (κ1) is 17.4. The molecule has 0 bridgehead atoms. The van der Waals surface area contributed by atoms with E-state index in [2.05, 4.69) is 4.85 Å². The Morgan fingerprint density at radius 3 is 2.31 bits per heavy atom. The van der Waals surface area contributed by atoms with Gasteiger partial charge in [-0.3, -0.25) is 0 Å². The van der Waals surface area contributed by atoms with E-state index in [9.17, 15) is 14.3 Å². The molecule has 0 spiro atoms. The van der Waals surface area contributed by atoms with Crippen LogP contribution in [0.5, 0.6) is 0 Å². The van der Waals surface area contributed by atoms with E-state index in [4.69, 9.17) is 6.57 Å². The van der Waals surface area contributed by atoms with Gasteiger partial charge in [0.1, 0.15) is 11.5 Å². The molecule has 0 aliphatic heterocycles. The van der Waals surface area contributed by atoms with Gasteiger partial charge in [-0.15, -0.1) is 0 Å². The van der Waals surface area contributed by atoms with Crippen molar-refractivity contribution in [2.24, 2.45) is 7.05 Å². The van der Waals surface area contributed by atoms with Gasteiger partial charge in [0.15, 0.2) is 0 Å². The first-order valence-corrected chi connectivity index (χ1v) is 8.17. The molecule has 0 atom stereocenters. The number of aromatic carboxylic acids is 1. The zero-order valence-corrected chi connectivity index (χ0v) is 14.5. The predicted molar refractivity (Wildman–Crippen MR) is 98.8 cm³/mol. The molecule has 3 aromatic rings. The van der Waals surface area contributed by atoms with E-state index in [0.29, 0.717) is 40.1 Å². The quantitative estimate of drug-likeness (QED) is 0.650. The predicted octanol–water partition coefficient (Wildman–Crippen LogP) is 5.31. The van der Waals surface area contributed by atoms with Gasteiger partial charge in [0.05, 0.1) is 6.57 Å². The highest BCUT2D eigenvalue weighted by molar-refractivity contribution is 6.00. The minimum absolute atomic E-state index is 0.0893. The number of nitrogens with zero attached hydrogens (tertiary/aromatic N) is 2. The molecule has 26 heavy (non-hydrogen) atoms. The fraction of sp³-hybridized carbons (Fsp3) is 0.143. The molecule has 1 heterocycles. The summed E-state index contributed by atoms with van der Waals surface area (Å²) >= 11 is 0. The maximum absolute atomic E-state index is 14.0. The summed E-state index contributed by atoms with van der Waals surface area (Å²) in [5, 5.41) is 9.63. The minimum Gasteiger partial charge on any atom is -0.477 e. The number of carboxylic acids is 1. The highest BCUT2D eigenvalue weighted by Crippen LogP contribution is 2.40. The lowest BCUT2D eigenvalue weighted by atomic mass is 9.99. The molecular weight excluding hydrogens is 331 g/mol. The Kier molecular flexibility index (Phi) is 4.59. The Morgan fingerprint density at radius 2 is 1.77 bits per heavy atom. The Hall–Kier alpha value is -3.39. The van der Waals surface area contributed by atoms with Gasteiger partial charge in [-0.1, -0.05) is 49.4 Å². The topological polar surface area (TPSA) is 46.6 Å². The van der Waals surface area contributed by atoms with Crippen LogP contribution in [-0.2, 0) is 13.5 Å². The molecule has 0 saturated carbocycles. The molecule has 0 unspecified atom stereocenters. The Morgan fingerprint density at radius 1 is 1.15 bits per heavy atom. The zero-order chi connectivity index (χ0) is 18.8. The van der Waals surface area contributed by atoms with Gasteiger partial charge in [0.25, 0.3) is 0 Å². The van der Waals surface area contributed by atoms with Crippen molar-refractivity contribution in [3.8, 4) is 22.3 Å². The van der Waals surface area contributed by atoms with Gasteiger partial charge in [0, 0.05) is 23.9 Å². The summed E-state index contributed by atoms with van der Waals surface area (Å²) in [4.78, 5) is 15.4. The summed E-state index contributed by atoms with van der Waals surface area (Å²) < 4.78 is 15.5. The first-order valence-electron chi connectivity index (χ1n) is 8.17. The fourth-order valence-electron chi connectivity index (χ4n) is 3.28. The highest BCUT2D eigenvalue weighted by Gasteiger charge is 2.25. The summed E-state index contributed by atoms with van der Waals surface area (Å²) in [5.41, 5.74) is 3.34. The molecule has 0 saturated heterocycles. The van der Waals surface area contributed by atoms with E-state index in [0.717, 1.165) is 0 Å². The van der Waals surface area contributed by atoms with Gasteiger partial charge in [-0.2, -0.15) is 0 Å². The van der Waals surface area contributed by atoms with Crippen molar-refractivity contribution < 1.29 is 14.3 Å². The number of halogens is 1. The Labute approximate surface area is 151 Å². The molecule has 3 rings (SSSR count). The van der Waals surface area contributed by atoms with Crippen LogP contribution in [-0.4, -0.2) is 15.6 Å². The number of rotatable bonds is 4. The molecule has 0 aliphatic carbocycles. The molecular formula is C21H17FN2O2. The normalized spacial score (nSPS) is 10.5. The average Bonchev–Trinajstić information content (AvgIpc) is 2.94. The highest BCUT2D eigenvalue weighted by atomic mass is 19.1. The largest absolute Gasteiger partial charge is 0.477 e. The molecule has 2 aromatic carbocycles. The molecule has 5 heteroatoms. The second-order valence-electron chi connectivity index (χ2n) is 5.91. The molecule has 1 aromatic heterocycles. The second-order valence-corrected chi connectivity index (χ2v) is 5.91. The smallest absolute Gasteiger partial charge is 0.351 e. The number of hydrogen-bond acceptors (Lipinski definition) is 1. The number of carboxylic acid groups (broad SMARTS) is 1. The first-order chi connectivity index (χ1) is 12.5. The van der Waals surface area contributed by atoms with Crippen LogP contribution in [0.15, 0.2) is 48.5 Å². The number of benzene rings is 2. The molecule has 0 amide bonds. The van der Waals surface area contributed by atoms with Crippen molar-refractivity contribution >= 4 is 11.7 Å². The van der Waals surface area contributed by atoms with E-state index < -0.39 is 5.97 Å². The Bertz CT molecular complexity index is 1030. The van der Waals surface area contributed by atoms with Crippen LogP contribution < -0.4 is 0 Å². The summed E-state index contributed by atoms with van der Waals surface area (Å²) in [6, 6.07) is 13.4. The number of hydrogen-bond donors (Lipinski definition) is 1. The van der Waals surface area contributed by atoms with Crippen LogP contribution in [0.1, 0.15) is 23.1 Å². The lowest BCUT2D eigenvalue weighted by Gasteiger charge is -2.07. The van der Waals surface area contributed by atoms with Gasteiger partial charge in [-0.25, -0.2) is 14.0 Å². The van der Waals surface area contributed by atoms with Crippen LogP contribution in [0.25, 0.3) is 27.1 Å². The van der Waals surface area contributed by atoms with E-state index in [1.54, 1.807) is 54.1 Å². The third kappa shape index (κ3) is 2.76. The summed E-state index contributed by atoms with van der Waals surface area (Å²) in [6.45, 7) is 9.39. The van der Waals surface area contributed by atoms with Crippen LogP contribution in [0.3, 0.4) is 0 Å². The zero-order valence-electron chi connectivity index (χ0n) is 14.5. The van der Waals surface area contributed by atoms with Crippen molar-refractivity contribution in [3.63, 3.8) is 0 Å². The van der Waals surface area contributed by atoms with Crippen molar-refractivity contribution in [1.29, 1.82) is 0 Å². The van der Waals surface area contributed by atoms with Gasteiger partial charge >= 0.3 is 5.97 Å². The summed E-state index contributed by atoms with van der Waals surface area (Å²) in [6.07, 6.45) is 0.557. The molecule has 0 fully saturated rings. The molecule has 4 nitrogen and oxygen atoms in total. The van der Waals surface area contributed by atoms with Crippen LogP contribution in [0.2, 0.25) is 0 Å². The van der Waals surface area contributed by atoms with E-state index in [1.165, 1.54) is 6.07 Å². The Balaban J connectivity index is 2.18. The number of carbonyl (C=O) groups is 1. The van der Waals surface area contributed by atoms with Crippen molar-refractivity contribution in [2.75, 3.05) is 0 Å². The van der Waals surface area contributed by atoms with Crippen molar-refractivity contribution in [3.05, 3.63) is 77.2 Å². The fourth-order valence-corrected chi connectivity index (χ4v) is 3.28. The molecule has 1 N–H and O–H groups in total. The summed E-state index contributed by atoms with van der Waals surface area (Å²) in [7, 11) is 1.66.